The van der Waals surface area contributed by atoms with Crippen LogP contribution >= 0.6 is 0 Å². The Morgan fingerprint density at radius 2 is 1.49 bits per heavy atom. The molecule has 43 heavy (non-hydrogen) atoms. The molecule has 0 N–H and O–H groups in total. The van der Waals surface area contributed by atoms with Gasteiger partial charge in [-0.15, -0.1) is 0 Å². The lowest BCUT2D eigenvalue weighted by molar-refractivity contribution is -0.130. The molecule has 3 aromatic carbocycles. The smallest absolute Gasteiger partial charge is 0.227 e. The number of carbonyl (C=O) groups excluding carboxylic acids is 1. The molecule has 0 spiro atoms. The minimum Gasteiger partial charge on any atom is -0.496 e. The second-order valence-electron chi connectivity index (χ2n) is 10.2. The van der Waals surface area contributed by atoms with E-state index in [0.717, 1.165) is 5.69 Å². The number of anilines is 1. The lowest BCUT2D eigenvalue weighted by atomic mass is 10.00. The van der Waals surface area contributed by atoms with E-state index in [1.165, 1.54) is 41.1 Å². The van der Waals surface area contributed by atoms with Gasteiger partial charge < -0.3 is 37.9 Å². The number of hydrogen-bond acceptors (Lipinski definition) is 9. The third-order valence-corrected chi connectivity index (χ3v) is 7.74. The first-order valence-electron chi connectivity index (χ1n) is 13.9. The third-order valence-electron chi connectivity index (χ3n) is 7.74. The highest BCUT2D eigenvalue weighted by Crippen LogP contribution is 2.43. The highest BCUT2D eigenvalue weighted by atomic mass is 16.5. The summed E-state index contributed by atoms with van der Waals surface area (Å²) in [7, 11) is 7.52. The predicted molar refractivity (Wildman–Crippen MR) is 164 cm³/mol. The molecular weight excluding hydrogens is 552 g/mol. The largest absolute Gasteiger partial charge is 0.496 e. The van der Waals surface area contributed by atoms with Crippen molar-refractivity contribution in [1.82, 2.24) is 4.90 Å². The van der Waals surface area contributed by atoms with E-state index in [9.17, 15) is 9.59 Å². The molecule has 5 rings (SSSR count). The Balaban J connectivity index is 1.57. The van der Waals surface area contributed by atoms with Gasteiger partial charge in [-0.1, -0.05) is 12.1 Å². The number of piperazine rings is 1. The van der Waals surface area contributed by atoms with Gasteiger partial charge in [0.2, 0.25) is 17.1 Å². The molecule has 1 aliphatic rings. The van der Waals surface area contributed by atoms with E-state index in [4.69, 9.17) is 28.1 Å². The molecule has 4 aromatic rings. The topological polar surface area (TPSA) is 99.9 Å². The zero-order chi connectivity index (χ0) is 30.7. The fourth-order valence-corrected chi connectivity index (χ4v) is 5.48. The van der Waals surface area contributed by atoms with Crippen molar-refractivity contribution < 1.29 is 32.9 Å². The number of methoxy groups -OCH3 is 5. The van der Waals surface area contributed by atoms with Crippen molar-refractivity contribution >= 4 is 22.6 Å². The zero-order valence-corrected chi connectivity index (χ0v) is 25.3. The Labute approximate surface area is 250 Å². The van der Waals surface area contributed by atoms with Crippen LogP contribution < -0.4 is 34.0 Å². The van der Waals surface area contributed by atoms with Crippen molar-refractivity contribution in [2.75, 3.05) is 66.6 Å². The Kier molecular flexibility index (Phi) is 8.66. The van der Waals surface area contributed by atoms with E-state index >= 15 is 0 Å². The average Bonchev–Trinajstić information content (AvgIpc) is 3.04. The quantitative estimate of drug-likeness (QED) is 0.275. The van der Waals surface area contributed by atoms with Gasteiger partial charge >= 0.3 is 0 Å². The van der Waals surface area contributed by atoms with Crippen molar-refractivity contribution in [3.8, 4) is 40.1 Å². The molecule has 1 aromatic heterocycles. The van der Waals surface area contributed by atoms with Crippen LogP contribution in [0, 0.1) is 6.92 Å². The second kappa shape index (κ2) is 12.6. The number of ether oxygens (including phenoxy) is 5. The molecule has 0 atom stereocenters. The Hall–Kier alpha value is -4.86. The number of fused-ring (bicyclic) bond motifs is 1. The lowest BCUT2D eigenvalue weighted by Gasteiger charge is -2.36. The first kappa shape index (κ1) is 29.6. The molecule has 226 valence electrons. The molecule has 10 heteroatoms. The first-order valence-corrected chi connectivity index (χ1v) is 13.9. The summed E-state index contributed by atoms with van der Waals surface area (Å²) in [4.78, 5) is 32.0. The normalized spacial score (nSPS) is 13.2. The summed E-state index contributed by atoms with van der Waals surface area (Å²) >= 11 is 0. The fraction of sp³-hybridized carbons (Fsp3) is 0.333. The summed E-state index contributed by atoms with van der Waals surface area (Å²) in [6, 6.07) is 15.0. The molecular formula is C33H36N2O8. The van der Waals surface area contributed by atoms with Crippen LogP contribution in [-0.2, 0) is 11.2 Å². The third kappa shape index (κ3) is 5.77. The summed E-state index contributed by atoms with van der Waals surface area (Å²) in [5.74, 6) is 1.96. The van der Waals surface area contributed by atoms with E-state index in [-0.39, 0.29) is 40.0 Å². The van der Waals surface area contributed by atoms with Gasteiger partial charge in [-0.2, -0.15) is 0 Å². The zero-order valence-electron chi connectivity index (χ0n) is 25.3. The minimum absolute atomic E-state index is 0.163. The van der Waals surface area contributed by atoms with Crippen LogP contribution in [0.1, 0.15) is 11.1 Å². The monoisotopic (exact) mass is 588 g/mol. The highest BCUT2D eigenvalue weighted by molar-refractivity contribution is 5.90. The summed E-state index contributed by atoms with van der Waals surface area (Å²) in [6.45, 7) is 4.51. The maximum absolute atomic E-state index is 14.2. The number of benzene rings is 3. The van der Waals surface area contributed by atoms with E-state index in [0.29, 0.717) is 60.5 Å². The van der Waals surface area contributed by atoms with Gasteiger partial charge in [-0.25, -0.2) is 0 Å². The van der Waals surface area contributed by atoms with Crippen LogP contribution in [-0.4, -0.2) is 72.5 Å². The molecule has 0 radical (unpaired) electrons. The number of amides is 1. The summed E-state index contributed by atoms with van der Waals surface area (Å²) in [5, 5.41) is 0.228. The molecule has 0 bridgehead atoms. The van der Waals surface area contributed by atoms with Crippen molar-refractivity contribution in [2.45, 2.75) is 13.3 Å². The first-order chi connectivity index (χ1) is 20.8. The minimum atomic E-state index is -0.365. The van der Waals surface area contributed by atoms with Crippen molar-refractivity contribution in [3.05, 3.63) is 69.9 Å². The summed E-state index contributed by atoms with van der Waals surface area (Å²) < 4.78 is 34.0. The van der Waals surface area contributed by atoms with E-state index < -0.39 is 0 Å². The summed E-state index contributed by atoms with van der Waals surface area (Å²) in [6.07, 6.45) is -0.163. The van der Waals surface area contributed by atoms with Gasteiger partial charge in [0.15, 0.2) is 11.5 Å². The summed E-state index contributed by atoms with van der Waals surface area (Å²) in [5.41, 5.74) is 2.91. The van der Waals surface area contributed by atoms with Crippen molar-refractivity contribution in [3.63, 3.8) is 0 Å². The molecule has 0 saturated carbocycles. The van der Waals surface area contributed by atoms with Crippen LogP contribution in [0.4, 0.5) is 5.69 Å². The van der Waals surface area contributed by atoms with Crippen LogP contribution in [0.15, 0.2) is 57.7 Å². The standard InChI is InChI=1S/C33H36N2O8/c1-20-8-7-9-22(14-20)34-10-12-35(13-11-34)29(36)19-24-31(37)30-25(39-3)17-23(38-2)18-26(30)43-32(24)21-15-27(40-4)33(42-6)28(16-21)41-5/h7-9,14-18H,10-13,19H2,1-6H3. The molecule has 0 aliphatic carbocycles. The number of nitrogens with zero attached hydrogens (tertiary/aromatic N) is 2. The fourth-order valence-electron chi connectivity index (χ4n) is 5.48. The number of aryl methyl sites for hydroxylation is 1. The van der Waals surface area contributed by atoms with Crippen LogP contribution in [0.5, 0.6) is 28.7 Å². The molecule has 1 amide bonds. The maximum atomic E-state index is 14.2. The molecule has 1 aliphatic heterocycles. The average molecular weight is 589 g/mol. The van der Waals surface area contributed by atoms with Crippen LogP contribution in [0.25, 0.3) is 22.3 Å². The molecule has 2 heterocycles. The molecule has 1 fully saturated rings. The van der Waals surface area contributed by atoms with Gasteiger partial charge in [0.25, 0.3) is 0 Å². The lowest BCUT2D eigenvalue weighted by Crippen LogP contribution is -2.49. The Bertz CT molecular complexity index is 1680. The van der Waals surface area contributed by atoms with Gasteiger partial charge in [-0.3, -0.25) is 9.59 Å². The number of hydrogen-bond donors (Lipinski definition) is 0. The van der Waals surface area contributed by atoms with Gasteiger partial charge in [-0.05, 0) is 36.8 Å². The highest BCUT2D eigenvalue weighted by Gasteiger charge is 2.27. The second-order valence-corrected chi connectivity index (χ2v) is 10.2. The van der Waals surface area contributed by atoms with E-state index in [1.54, 1.807) is 29.2 Å². The van der Waals surface area contributed by atoms with Gasteiger partial charge in [0.05, 0.1) is 47.5 Å². The molecule has 10 nitrogen and oxygen atoms in total. The number of rotatable bonds is 9. The Morgan fingerprint density at radius 3 is 2.07 bits per heavy atom. The molecule has 1 saturated heterocycles. The van der Waals surface area contributed by atoms with E-state index in [1.807, 2.05) is 6.07 Å². The Morgan fingerprint density at radius 1 is 0.814 bits per heavy atom. The SMILES string of the molecule is COc1cc(OC)c2c(=O)c(CC(=O)N3CCN(c4cccc(C)c4)CC3)c(-c3cc(OC)c(OC)c(OC)c3)oc2c1. The number of carbonyl (C=O) groups is 1. The van der Waals surface area contributed by atoms with E-state index in [2.05, 4.69) is 30.0 Å². The van der Waals surface area contributed by atoms with Gasteiger partial charge in [0, 0.05) is 49.6 Å². The van der Waals surface area contributed by atoms with Crippen molar-refractivity contribution in [2.24, 2.45) is 0 Å². The molecule has 0 unspecified atom stereocenters. The van der Waals surface area contributed by atoms with Crippen molar-refractivity contribution in [1.29, 1.82) is 0 Å². The van der Waals surface area contributed by atoms with Crippen LogP contribution in [0.3, 0.4) is 0 Å². The van der Waals surface area contributed by atoms with Crippen LogP contribution in [0.2, 0.25) is 0 Å². The predicted octanol–water partition coefficient (Wildman–Crippen LogP) is 4.70. The maximum Gasteiger partial charge on any atom is 0.227 e. The van der Waals surface area contributed by atoms with Gasteiger partial charge in [0.1, 0.15) is 28.2 Å².